The van der Waals surface area contributed by atoms with Crippen molar-refractivity contribution in [2.75, 3.05) is 12.9 Å². The van der Waals surface area contributed by atoms with Crippen LogP contribution in [0.15, 0.2) is 52.8 Å². The van der Waals surface area contributed by atoms with Crippen LogP contribution in [0.5, 0.6) is 0 Å². The van der Waals surface area contributed by atoms with Crippen LogP contribution in [0.4, 0.5) is 0 Å². The topological polar surface area (TPSA) is 93.8 Å². The highest BCUT2D eigenvalue weighted by atomic mass is 35.5. The van der Waals surface area contributed by atoms with Crippen LogP contribution in [0, 0.1) is 6.92 Å². The molecular weight excluding hydrogens is 422 g/mol. The second kappa shape index (κ2) is 8.51. The van der Waals surface area contributed by atoms with Crippen LogP contribution in [-0.4, -0.2) is 42.5 Å². The number of aliphatic hydroxyl groups excluding tert-OH is 1. The summed E-state index contributed by atoms with van der Waals surface area (Å²) in [6, 6.07) is 7.17. The van der Waals surface area contributed by atoms with Gasteiger partial charge in [0.25, 0.3) is 5.56 Å². The van der Waals surface area contributed by atoms with Crippen LogP contribution in [0.3, 0.4) is 0 Å². The molecule has 0 aliphatic carbocycles. The van der Waals surface area contributed by atoms with E-state index in [2.05, 4.69) is 19.9 Å². The van der Waals surface area contributed by atoms with E-state index in [1.807, 2.05) is 19.2 Å². The minimum absolute atomic E-state index is 0.128. The zero-order chi connectivity index (χ0) is 21.3. The predicted molar refractivity (Wildman–Crippen MR) is 119 cm³/mol. The Balaban J connectivity index is 1.89. The zero-order valence-corrected chi connectivity index (χ0v) is 17.9. The quantitative estimate of drug-likeness (QED) is 0.375. The fourth-order valence-electron chi connectivity index (χ4n) is 3.24. The van der Waals surface area contributed by atoms with E-state index in [0.29, 0.717) is 38.0 Å². The van der Waals surface area contributed by atoms with Gasteiger partial charge in [-0.1, -0.05) is 35.5 Å². The number of aromatic nitrogens is 5. The normalized spacial score (nSPS) is 11.2. The van der Waals surface area contributed by atoms with Crippen LogP contribution in [0.25, 0.3) is 33.4 Å². The molecule has 9 heteroatoms. The molecule has 0 atom stereocenters. The summed E-state index contributed by atoms with van der Waals surface area (Å²) in [4.78, 5) is 30.6. The molecule has 0 saturated carbocycles. The first-order valence-corrected chi connectivity index (χ1v) is 10.8. The van der Waals surface area contributed by atoms with Crippen molar-refractivity contribution in [1.29, 1.82) is 0 Å². The van der Waals surface area contributed by atoms with E-state index in [1.54, 1.807) is 36.8 Å². The molecule has 3 heterocycles. The second-order valence-corrected chi connectivity index (χ2v) is 7.79. The number of nitrogens with zero attached hydrogens (tertiary/aromatic N) is 5. The first-order valence-electron chi connectivity index (χ1n) is 9.16. The molecule has 0 aliphatic heterocycles. The van der Waals surface area contributed by atoms with Gasteiger partial charge in [0, 0.05) is 39.5 Å². The van der Waals surface area contributed by atoms with Crippen LogP contribution in [-0.2, 0) is 6.54 Å². The Hall–Kier alpha value is -2.81. The van der Waals surface area contributed by atoms with Gasteiger partial charge in [0.1, 0.15) is 5.65 Å². The Kier molecular flexibility index (Phi) is 5.80. The van der Waals surface area contributed by atoms with Gasteiger partial charge < -0.3 is 5.11 Å². The summed E-state index contributed by atoms with van der Waals surface area (Å²) in [6.45, 7) is 1.81. The van der Waals surface area contributed by atoms with Crippen molar-refractivity contribution < 1.29 is 5.11 Å². The summed E-state index contributed by atoms with van der Waals surface area (Å²) in [5.41, 5.74) is 3.55. The maximum Gasteiger partial charge on any atom is 0.260 e. The van der Waals surface area contributed by atoms with E-state index in [-0.39, 0.29) is 18.7 Å². The van der Waals surface area contributed by atoms with Gasteiger partial charge in [-0.2, -0.15) is 0 Å². The predicted octanol–water partition coefficient (Wildman–Crippen LogP) is 3.59. The molecule has 7 nitrogen and oxygen atoms in total. The average Bonchev–Trinajstić information content (AvgIpc) is 2.75. The first-order chi connectivity index (χ1) is 14.5. The van der Waals surface area contributed by atoms with Gasteiger partial charge in [-0.05, 0) is 25.3 Å². The molecule has 0 fully saturated rings. The lowest BCUT2D eigenvalue weighted by Crippen LogP contribution is -2.24. The fourth-order valence-corrected chi connectivity index (χ4v) is 3.86. The van der Waals surface area contributed by atoms with Crippen molar-refractivity contribution in [2.45, 2.75) is 18.6 Å². The zero-order valence-electron chi connectivity index (χ0n) is 16.3. The molecule has 0 saturated heterocycles. The van der Waals surface area contributed by atoms with Crippen molar-refractivity contribution in [3.8, 4) is 22.4 Å². The van der Waals surface area contributed by atoms with Gasteiger partial charge in [-0.3, -0.25) is 14.3 Å². The van der Waals surface area contributed by atoms with E-state index in [0.717, 1.165) is 11.3 Å². The van der Waals surface area contributed by atoms with Crippen LogP contribution >= 0.6 is 23.4 Å². The van der Waals surface area contributed by atoms with Crippen LogP contribution in [0.1, 0.15) is 5.69 Å². The molecule has 1 N–H and O–H groups in total. The number of rotatable bonds is 5. The SMILES string of the molecule is CSc1ncc2cc(-c3ccc(-c4cncc(C)n4)cc3Cl)c(=O)n(CCO)c2n1. The number of aliphatic hydroxyl groups is 1. The highest BCUT2D eigenvalue weighted by Gasteiger charge is 2.16. The number of benzene rings is 1. The molecule has 0 bridgehead atoms. The molecule has 4 aromatic rings. The third kappa shape index (κ3) is 3.81. The molecule has 0 aliphatic rings. The van der Waals surface area contributed by atoms with Gasteiger partial charge in [-0.25, -0.2) is 15.0 Å². The van der Waals surface area contributed by atoms with Crippen molar-refractivity contribution in [1.82, 2.24) is 24.5 Å². The molecule has 0 unspecified atom stereocenters. The average molecular weight is 440 g/mol. The molecule has 1 aromatic carbocycles. The smallest absolute Gasteiger partial charge is 0.260 e. The van der Waals surface area contributed by atoms with Gasteiger partial charge in [-0.15, -0.1) is 0 Å². The van der Waals surface area contributed by atoms with Gasteiger partial charge in [0.05, 0.1) is 30.7 Å². The maximum atomic E-state index is 13.2. The third-order valence-electron chi connectivity index (χ3n) is 4.62. The summed E-state index contributed by atoms with van der Waals surface area (Å²) in [5, 5.41) is 11.2. The highest BCUT2D eigenvalue weighted by Crippen LogP contribution is 2.31. The molecular formula is C21H18ClN5O2S. The standard InChI is InChI=1S/C21H18ClN5O2S/c1-12-9-23-11-18(25-12)13-3-4-15(17(22)8-13)16-7-14-10-24-21(30-2)26-19(14)27(5-6-28)20(16)29/h3-4,7-11,28H,5-6H2,1-2H3. The lowest BCUT2D eigenvalue weighted by molar-refractivity contribution is 0.276. The van der Waals surface area contributed by atoms with E-state index >= 15 is 0 Å². The minimum Gasteiger partial charge on any atom is -0.395 e. The Bertz CT molecular complexity index is 1310. The largest absolute Gasteiger partial charge is 0.395 e. The Morgan fingerprint density at radius 2 is 1.97 bits per heavy atom. The Labute approximate surface area is 181 Å². The summed E-state index contributed by atoms with van der Waals surface area (Å²) >= 11 is 7.96. The number of thioether (sulfide) groups is 1. The van der Waals surface area contributed by atoms with Crippen molar-refractivity contribution >= 4 is 34.4 Å². The third-order valence-corrected chi connectivity index (χ3v) is 5.50. The molecule has 0 radical (unpaired) electrons. The number of hydrogen-bond donors (Lipinski definition) is 1. The molecule has 152 valence electrons. The summed E-state index contributed by atoms with van der Waals surface area (Å²) < 4.78 is 1.46. The number of halogens is 1. The first kappa shape index (κ1) is 20.5. The van der Waals surface area contributed by atoms with E-state index in [1.165, 1.54) is 16.3 Å². The van der Waals surface area contributed by atoms with Crippen molar-refractivity contribution in [3.63, 3.8) is 0 Å². The lowest BCUT2D eigenvalue weighted by atomic mass is 10.0. The number of pyridine rings is 1. The van der Waals surface area contributed by atoms with Gasteiger partial charge in [0.2, 0.25) is 0 Å². The number of fused-ring (bicyclic) bond motifs is 1. The maximum absolute atomic E-state index is 13.2. The van der Waals surface area contributed by atoms with E-state index in [4.69, 9.17) is 11.6 Å². The number of hydrogen-bond acceptors (Lipinski definition) is 7. The molecule has 4 rings (SSSR count). The molecule has 0 spiro atoms. The van der Waals surface area contributed by atoms with Crippen LogP contribution < -0.4 is 5.56 Å². The Morgan fingerprint density at radius 1 is 1.13 bits per heavy atom. The van der Waals surface area contributed by atoms with Crippen LogP contribution in [0.2, 0.25) is 5.02 Å². The summed E-state index contributed by atoms with van der Waals surface area (Å²) in [5.74, 6) is 0. The molecule has 0 amide bonds. The van der Waals surface area contributed by atoms with E-state index in [9.17, 15) is 9.90 Å². The van der Waals surface area contributed by atoms with Gasteiger partial charge >= 0.3 is 0 Å². The van der Waals surface area contributed by atoms with Crippen molar-refractivity contribution in [2.24, 2.45) is 0 Å². The van der Waals surface area contributed by atoms with Crippen molar-refractivity contribution in [3.05, 3.63) is 63.9 Å². The molecule has 3 aromatic heterocycles. The minimum atomic E-state index is -0.271. The van der Waals surface area contributed by atoms with E-state index < -0.39 is 0 Å². The summed E-state index contributed by atoms with van der Waals surface area (Å²) in [6.07, 6.45) is 6.89. The summed E-state index contributed by atoms with van der Waals surface area (Å²) in [7, 11) is 0. The highest BCUT2D eigenvalue weighted by molar-refractivity contribution is 7.98. The fraction of sp³-hybridized carbons (Fsp3) is 0.190. The monoisotopic (exact) mass is 439 g/mol. The number of aryl methyl sites for hydroxylation is 1. The lowest BCUT2D eigenvalue weighted by Gasteiger charge is -2.13. The Morgan fingerprint density at radius 3 is 2.67 bits per heavy atom. The second-order valence-electron chi connectivity index (χ2n) is 6.61. The molecule has 30 heavy (non-hydrogen) atoms. The van der Waals surface area contributed by atoms with Gasteiger partial charge in [0.15, 0.2) is 5.16 Å².